The predicted octanol–water partition coefficient (Wildman–Crippen LogP) is 3.60. The van der Waals surface area contributed by atoms with Gasteiger partial charge in [-0.05, 0) is 30.7 Å². The third kappa shape index (κ3) is 3.57. The van der Waals surface area contributed by atoms with E-state index in [0.29, 0.717) is 6.04 Å². The lowest BCUT2D eigenvalue weighted by atomic mass is 9.75. The van der Waals surface area contributed by atoms with Gasteiger partial charge in [0.05, 0.1) is 0 Å². The van der Waals surface area contributed by atoms with Crippen molar-refractivity contribution in [2.45, 2.75) is 58.5 Å². The predicted molar refractivity (Wildman–Crippen MR) is 88.5 cm³/mol. The SMILES string of the molecule is CC(C)NCc1cnccc1N1CCC2CCCCC2C1. The van der Waals surface area contributed by atoms with E-state index in [1.165, 1.54) is 56.4 Å². The van der Waals surface area contributed by atoms with Crippen molar-refractivity contribution in [1.82, 2.24) is 10.3 Å². The van der Waals surface area contributed by atoms with Crippen molar-refractivity contribution in [3.05, 3.63) is 24.0 Å². The normalized spacial score (nSPS) is 26.0. The van der Waals surface area contributed by atoms with Gasteiger partial charge < -0.3 is 10.2 Å². The second kappa shape index (κ2) is 6.78. The summed E-state index contributed by atoms with van der Waals surface area (Å²) in [4.78, 5) is 6.95. The quantitative estimate of drug-likeness (QED) is 0.917. The van der Waals surface area contributed by atoms with E-state index in [9.17, 15) is 0 Å². The van der Waals surface area contributed by atoms with Crippen LogP contribution in [0.1, 0.15) is 51.5 Å². The molecule has 0 radical (unpaired) electrons. The number of hydrogen-bond donors (Lipinski definition) is 1. The summed E-state index contributed by atoms with van der Waals surface area (Å²) >= 11 is 0. The standard InChI is InChI=1S/C18H29N3/c1-14(2)20-12-17-11-19-9-7-18(17)21-10-8-15-5-3-4-6-16(15)13-21/h7,9,11,14-16,20H,3-6,8,10,12-13H2,1-2H3. The number of piperidine rings is 1. The van der Waals surface area contributed by atoms with Crippen molar-refractivity contribution in [2.24, 2.45) is 11.8 Å². The van der Waals surface area contributed by atoms with E-state index in [1.54, 1.807) is 0 Å². The van der Waals surface area contributed by atoms with Crippen LogP contribution in [0.4, 0.5) is 5.69 Å². The van der Waals surface area contributed by atoms with Crippen LogP contribution in [0.25, 0.3) is 0 Å². The van der Waals surface area contributed by atoms with Gasteiger partial charge in [-0.1, -0.05) is 33.1 Å². The van der Waals surface area contributed by atoms with Gasteiger partial charge in [-0.25, -0.2) is 0 Å². The van der Waals surface area contributed by atoms with Crippen LogP contribution in [0.3, 0.4) is 0 Å². The van der Waals surface area contributed by atoms with E-state index < -0.39 is 0 Å². The summed E-state index contributed by atoms with van der Waals surface area (Å²) in [6.07, 6.45) is 11.2. The Labute approximate surface area is 129 Å². The zero-order chi connectivity index (χ0) is 14.7. The van der Waals surface area contributed by atoms with E-state index in [-0.39, 0.29) is 0 Å². The molecule has 1 N–H and O–H groups in total. The molecule has 2 aliphatic rings. The Morgan fingerprint density at radius 1 is 1.24 bits per heavy atom. The van der Waals surface area contributed by atoms with Crippen LogP contribution in [-0.2, 0) is 6.54 Å². The zero-order valence-corrected chi connectivity index (χ0v) is 13.5. The summed E-state index contributed by atoms with van der Waals surface area (Å²) < 4.78 is 0. The van der Waals surface area contributed by atoms with Gasteiger partial charge in [0.2, 0.25) is 0 Å². The number of anilines is 1. The molecule has 2 atom stereocenters. The van der Waals surface area contributed by atoms with Gasteiger partial charge in [0.25, 0.3) is 0 Å². The van der Waals surface area contributed by atoms with Crippen LogP contribution < -0.4 is 10.2 Å². The molecule has 1 aromatic heterocycles. The summed E-state index contributed by atoms with van der Waals surface area (Å²) in [5, 5.41) is 3.53. The molecule has 0 amide bonds. The molecule has 2 unspecified atom stereocenters. The fourth-order valence-electron chi connectivity index (χ4n) is 4.00. The van der Waals surface area contributed by atoms with Crippen LogP contribution in [0.15, 0.2) is 18.5 Å². The van der Waals surface area contributed by atoms with Crippen LogP contribution in [0, 0.1) is 11.8 Å². The van der Waals surface area contributed by atoms with Gasteiger partial charge >= 0.3 is 0 Å². The maximum Gasteiger partial charge on any atom is 0.0442 e. The van der Waals surface area contributed by atoms with Gasteiger partial charge in [-0.15, -0.1) is 0 Å². The number of hydrogen-bond acceptors (Lipinski definition) is 3. The van der Waals surface area contributed by atoms with E-state index in [1.807, 2.05) is 12.4 Å². The first-order chi connectivity index (χ1) is 10.2. The van der Waals surface area contributed by atoms with E-state index in [0.717, 1.165) is 18.4 Å². The van der Waals surface area contributed by atoms with Crippen LogP contribution in [0.2, 0.25) is 0 Å². The molecule has 2 fully saturated rings. The zero-order valence-electron chi connectivity index (χ0n) is 13.5. The lowest BCUT2D eigenvalue weighted by Crippen LogP contribution is -2.42. The third-order valence-corrected chi connectivity index (χ3v) is 5.21. The van der Waals surface area contributed by atoms with Crippen molar-refractivity contribution < 1.29 is 0 Å². The Hall–Kier alpha value is -1.09. The minimum atomic E-state index is 0.516. The molecule has 116 valence electrons. The number of pyridine rings is 1. The average Bonchev–Trinajstić information content (AvgIpc) is 2.52. The lowest BCUT2D eigenvalue weighted by Gasteiger charge is -2.42. The first-order valence-electron chi connectivity index (χ1n) is 8.65. The molecule has 0 spiro atoms. The number of nitrogens with zero attached hydrogens (tertiary/aromatic N) is 2. The molecular weight excluding hydrogens is 258 g/mol. The topological polar surface area (TPSA) is 28.2 Å². The van der Waals surface area contributed by atoms with Crippen LogP contribution >= 0.6 is 0 Å². The van der Waals surface area contributed by atoms with Gasteiger partial charge in [0, 0.05) is 49.3 Å². The lowest BCUT2D eigenvalue weighted by molar-refractivity contribution is 0.202. The summed E-state index contributed by atoms with van der Waals surface area (Å²) in [5.41, 5.74) is 2.75. The second-order valence-electron chi connectivity index (χ2n) is 7.08. The molecule has 3 nitrogen and oxygen atoms in total. The number of rotatable bonds is 4. The maximum atomic E-state index is 4.33. The highest BCUT2D eigenvalue weighted by atomic mass is 15.1. The molecule has 21 heavy (non-hydrogen) atoms. The van der Waals surface area contributed by atoms with Gasteiger partial charge in [-0.3, -0.25) is 4.98 Å². The third-order valence-electron chi connectivity index (χ3n) is 5.21. The van der Waals surface area contributed by atoms with Gasteiger partial charge in [0.15, 0.2) is 0 Å². The number of nitrogens with one attached hydrogen (secondary N) is 1. The molecule has 1 aliphatic heterocycles. The number of fused-ring (bicyclic) bond motifs is 1. The molecule has 0 aromatic carbocycles. The highest BCUT2D eigenvalue weighted by molar-refractivity contribution is 5.52. The Morgan fingerprint density at radius 2 is 2.05 bits per heavy atom. The summed E-state index contributed by atoms with van der Waals surface area (Å²) in [6.45, 7) is 7.79. The summed E-state index contributed by atoms with van der Waals surface area (Å²) in [6, 6.07) is 2.72. The van der Waals surface area contributed by atoms with Gasteiger partial charge in [0.1, 0.15) is 0 Å². The average molecular weight is 287 g/mol. The Balaban J connectivity index is 1.71. The molecule has 3 heteroatoms. The molecule has 2 heterocycles. The highest BCUT2D eigenvalue weighted by Crippen LogP contribution is 2.38. The number of aromatic nitrogens is 1. The Bertz CT molecular complexity index is 458. The minimum Gasteiger partial charge on any atom is -0.371 e. The molecule has 1 aliphatic carbocycles. The molecule has 0 bridgehead atoms. The second-order valence-corrected chi connectivity index (χ2v) is 7.08. The fraction of sp³-hybridized carbons (Fsp3) is 0.722. The highest BCUT2D eigenvalue weighted by Gasteiger charge is 2.31. The van der Waals surface area contributed by atoms with E-state index in [4.69, 9.17) is 0 Å². The first kappa shape index (κ1) is 14.8. The Morgan fingerprint density at radius 3 is 2.86 bits per heavy atom. The summed E-state index contributed by atoms with van der Waals surface area (Å²) in [7, 11) is 0. The minimum absolute atomic E-state index is 0.516. The van der Waals surface area contributed by atoms with Crippen LogP contribution in [0.5, 0.6) is 0 Å². The van der Waals surface area contributed by atoms with E-state index >= 15 is 0 Å². The Kier molecular flexibility index (Phi) is 4.79. The monoisotopic (exact) mass is 287 g/mol. The van der Waals surface area contributed by atoms with Crippen molar-refractivity contribution >= 4 is 5.69 Å². The van der Waals surface area contributed by atoms with Crippen molar-refractivity contribution in [1.29, 1.82) is 0 Å². The summed E-state index contributed by atoms with van der Waals surface area (Å²) in [5.74, 6) is 1.92. The van der Waals surface area contributed by atoms with Crippen LogP contribution in [-0.4, -0.2) is 24.1 Å². The van der Waals surface area contributed by atoms with E-state index in [2.05, 4.69) is 35.1 Å². The smallest absolute Gasteiger partial charge is 0.0442 e. The molecule has 1 saturated heterocycles. The van der Waals surface area contributed by atoms with Gasteiger partial charge in [-0.2, -0.15) is 0 Å². The van der Waals surface area contributed by atoms with Crippen molar-refractivity contribution in [3.63, 3.8) is 0 Å². The molecular formula is C18H29N3. The van der Waals surface area contributed by atoms with Crippen molar-refractivity contribution in [2.75, 3.05) is 18.0 Å². The molecule has 1 aromatic rings. The first-order valence-corrected chi connectivity index (χ1v) is 8.65. The molecule has 1 saturated carbocycles. The fourth-order valence-corrected chi connectivity index (χ4v) is 4.00. The largest absolute Gasteiger partial charge is 0.371 e. The van der Waals surface area contributed by atoms with Crippen molar-refractivity contribution in [3.8, 4) is 0 Å². The molecule has 3 rings (SSSR count). The maximum absolute atomic E-state index is 4.33.